The molecule has 0 aliphatic carbocycles. The number of hydrogen-bond acceptors (Lipinski definition) is 5. The molecule has 0 bridgehead atoms. The zero-order valence-corrected chi connectivity index (χ0v) is 18.0. The van der Waals surface area contributed by atoms with Crippen molar-refractivity contribution in [1.29, 1.82) is 0 Å². The lowest BCUT2D eigenvalue weighted by molar-refractivity contribution is 0.241. The van der Waals surface area contributed by atoms with Crippen LogP contribution < -0.4 is 19.3 Å². The molecule has 0 aromatic heterocycles. The molecule has 1 aliphatic rings. The summed E-state index contributed by atoms with van der Waals surface area (Å²) in [4.78, 5) is 0. The Morgan fingerprint density at radius 2 is 1.87 bits per heavy atom. The average Bonchev–Trinajstić information content (AvgIpc) is 2.72. The lowest BCUT2D eigenvalue weighted by Gasteiger charge is -2.31. The summed E-state index contributed by atoms with van der Waals surface area (Å²) in [6.45, 7) is 0. The van der Waals surface area contributed by atoms with Crippen LogP contribution in [0.1, 0.15) is 22.8 Å². The number of hydrogen-bond donors (Lipinski definition) is 1. The molecule has 156 valence electrons. The molecule has 3 aromatic carbocycles. The molecule has 30 heavy (non-hydrogen) atoms. The van der Waals surface area contributed by atoms with Gasteiger partial charge in [-0.3, -0.25) is 0 Å². The number of methoxy groups -OCH3 is 2. The maximum atomic E-state index is 11.6. The van der Waals surface area contributed by atoms with Crippen molar-refractivity contribution in [1.82, 2.24) is 0 Å². The molecule has 0 amide bonds. The van der Waals surface area contributed by atoms with Crippen molar-refractivity contribution < 1.29 is 22.6 Å². The van der Waals surface area contributed by atoms with Gasteiger partial charge in [0.25, 0.3) is 0 Å². The highest BCUT2D eigenvalue weighted by Crippen LogP contribution is 2.51. The van der Waals surface area contributed by atoms with E-state index in [1.54, 1.807) is 38.5 Å². The minimum Gasteiger partial charge on any atom is -0.497 e. The molecule has 0 saturated heterocycles. The van der Waals surface area contributed by atoms with Gasteiger partial charge in [0, 0.05) is 11.1 Å². The van der Waals surface area contributed by atoms with Crippen LogP contribution >= 0.6 is 11.6 Å². The van der Waals surface area contributed by atoms with Gasteiger partial charge in [0.15, 0.2) is 0 Å². The highest BCUT2D eigenvalue weighted by Gasteiger charge is 2.31. The predicted octanol–water partition coefficient (Wildman–Crippen LogP) is 4.29. The molecule has 3 aromatic rings. The zero-order valence-electron chi connectivity index (χ0n) is 16.4. The first-order valence-corrected chi connectivity index (χ1v) is 11.2. The first-order valence-electron chi connectivity index (χ1n) is 9.11. The SMILES string of the molecule is COc1cccc(C2Oc3ccc(Cl)c(OC)c3-c3ccc(CS(N)(=O)=O)cc32)c1. The third kappa shape index (κ3) is 3.84. The number of fused-ring (bicyclic) bond motifs is 3. The Balaban J connectivity index is 1.95. The number of nitrogens with two attached hydrogens (primary N) is 1. The number of primary sulfonamides is 1. The fraction of sp³-hybridized carbons (Fsp3) is 0.182. The van der Waals surface area contributed by atoms with Gasteiger partial charge in [-0.2, -0.15) is 0 Å². The van der Waals surface area contributed by atoms with Gasteiger partial charge < -0.3 is 14.2 Å². The molecule has 0 radical (unpaired) electrons. The smallest absolute Gasteiger partial charge is 0.213 e. The standard InChI is InChI=1S/C22H20ClNO5S/c1-27-15-5-3-4-14(11-15)21-17-10-13(12-30(24,25)26)6-7-16(17)20-19(29-21)9-8-18(23)22(20)28-2/h3-11,21H,12H2,1-2H3,(H2,24,25,26). The number of sulfonamides is 1. The first kappa shape index (κ1) is 20.5. The van der Waals surface area contributed by atoms with E-state index in [4.69, 9.17) is 31.0 Å². The molecule has 6 nitrogen and oxygen atoms in total. The Morgan fingerprint density at radius 3 is 2.57 bits per heavy atom. The van der Waals surface area contributed by atoms with Crippen molar-refractivity contribution in [3.63, 3.8) is 0 Å². The van der Waals surface area contributed by atoms with Crippen LogP contribution in [0, 0.1) is 0 Å². The zero-order chi connectivity index (χ0) is 21.5. The van der Waals surface area contributed by atoms with Crippen molar-refractivity contribution >= 4 is 21.6 Å². The molecular weight excluding hydrogens is 426 g/mol. The molecule has 0 fully saturated rings. The third-order valence-corrected chi connectivity index (χ3v) is 5.99. The molecule has 1 aliphatic heterocycles. The number of benzene rings is 3. The van der Waals surface area contributed by atoms with Crippen molar-refractivity contribution in [3.8, 4) is 28.4 Å². The van der Waals surface area contributed by atoms with Crippen LogP contribution in [0.25, 0.3) is 11.1 Å². The lowest BCUT2D eigenvalue weighted by Crippen LogP contribution is -2.18. The van der Waals surface area contributed by atoms with Gasteiger partial charge in [-0.1, -0.05) is 41.9 Å². The fourth-order valence-electron chi connectivity index (χ4n) is 3.71. The monoisotopic (exact) mass is 445 g/mol. The normalized spacial score (nSPS) is 15.0. The van der Waals surface area contributed by atoms with E-state index in [0.29, 0.717) is 27.8 Å². The highest BCUT2D eigenvalue weighted by molar-refractivity contribution is 7.88. The molecule has 2 N–H and O–H groups in total. The summed E-state index contributed by atoms with van der Waals surface area (Å²) in [5.41, 5.74) is 3.79. The quantitative estimate of drug-likeness (QED) is 0.632. The summed E-state index contributed by atoms with van der Waals surface area (Å²) in [6.07, 6.45) is -0.478. The van der Waals surface area contributed by atoms with E-state index in [1.165, 1.54) is 0 Å². The Kier molecular flexibility index (Phi) is 5.36. The minimum atomic E-state index is -3.68. The van der Waals surface area contributed by atoms with Crippen molar-refractivity contribution in [3.05, 3.63) is 76.3 Å². The van der Waals surface area contributed by atoms with E-state index < -0.39 is 16.1 Å². The molecule has 1 heterocycles. The summed E-state index contributed by atoms with van der Waals surface area (Å²) >= 11 is 6.35. The van der Waals surface area contributed by atoms with Gasteiger partial charge in [-0.15, -0.1) is 0 Å². The molecule has 0 spiro atoms. The van der Waals surface area contributed by atoms with E-state index in [-0.39, 0.29) is 5.75 Å². The van der Waals surface area contributed by atoms with Crippen LogP contribution in [0.5, 0.6) is 17.2 Å². The second kappa shape index (κ2) is 7.83. The molecule has 0 saturated carbocycles. The molecule has 8 heteroatoms. The second-order valence-corrected chi connectivity index (χ2v) is 8.98. The Morgan fingerprint density at radius 1 is 1.07 bits per heavy atom. The Labute approximate surface area is 180 Å². The van der Waals surface area contributed by atoms with Gasteiger partial charge in [0.1, 0.15) is 23.4 Å². The van der Waals surface area contributed by atoms with E-state index in [2.05, 4.69) is 0 Å². The molecular formula is C22H20ClNO5S. The summed E-state index contributed by atoms with van der Waals surface area (Å²) in [7, 11) is -0.538. The first-order chi connectivity index (χ1) is 14.3. The number of ether oxygens (including phenoxy) is 3. The summed E-state index contributed by atoms with van der Waals surface area (Å²) in [5, 5.41) is 5.71. The van der Waals surface area contributed by atoms with Gasteiger partial charge in [-0.25, -0.2) is 13.6 Å². The van der Waals surface area contributed by atoms with Crippen LogP contribution in [0.2, 0.25) is 5.02 Å². The predicted molar refractivity (Wildman–Crippen MR) is 116 cm³/mol. The Hall–Kier alpha value is -2.74. The van der Waals surface area contributed by atoms with Crippen LogP contribution in [0.4, 0.5) is 0 Å². The highest BCUT2D eigenvalue weighted by atomic mass is 35.5. The van der Waals surface area contributed by atoms with Crippen LogP contribution in [-0.4, -0.2) is 22.6 Å². The van der Waals surface area contributed by atoms with Crippen molar-refractivity contribution in [2.24, 2.45) is 5.14 Å². The second-order valence-electron chi connectivity index (χ2n) is 6.96. The number of halogens is 1. The lowest BCUT2D eigenvalue weighted by atomic mass is 9.88. The van der Waals surface area contributed by atoms with Gasteiger partial charge in [-0.05, 0) is 35.4 Å². The Bertz CT molecular complexity index is 1230. The van der Waals surface area contributed by atoms with Crippen LogP contribution in [-0.2, 0) is 15.8 Å². The van der Waals surface area contributed by atoms with Crippen LogP contribution in [0.3, 0.4) is 0 Å². The molecule has 4 rings (SSSR count). The minimum absolute atomic E-state index is 0.273. The maximum absolute atomic E-state index is 11.6. The van der Waals surface area contributed by atoms with Gasteiger partial charge in [0.2, 0.25) is 10.0 Å². The summed E-state index contributed by atoms with van der Waals surface area (Å²) < 4.78 is 40.5. The van der Waals surface area contributed by atoms with E-state index in [1.807, 2.05) is 30.3 Å². The van der Waals surface area contributed by atoms with Crippen LogP contribution in [0.15, 0.2) is 54.6 Å². The summed E-state index contributed by atoms with van der Waals surface area (Å²) in [6, 6.07) is 16.5. The van der Waals surface area contributed by atoms with Crippen molar-refractivity contribution in [2.75, 3.05) is 14.2 Å². The van der Waals surface area contributed by atoms with Gasteiger partial charge >= 0.3 is 0 Å². The fourth-order valence-corrected chi connectivity index (χ4v) is 4.59. The van der Waals surface area contributed by atoms with E-state index >= 15 is 0 Å². The van der Waals surface area contributed by atoms with Crippen molar-refractivity contribution in [2.45, 2.75) is 11.9 Å². The van der Waals surface area contributed by atoms with E-state index in [0.717, 1.165) is 22.3 Å². The average molecular weight is 446 g/mol. The van der Waals surface area contributed by atoms with Gasteiger partial charge in [0.05, 0.1) is 30.6 Å². The molecule has 1 atom stereocenters. The molecule has 1 unspecified atom stereocenters. The third-order valence-electron chi connectivity index (χ3n) is 4.95. The largest absolute Gasteiger partial charge is 0.497 e. The van der Waals surface area contributed by atoms with E-state index in [9.17, 15) is 8.42 Å². The number of rotatable bonds is 5. The topological polar surface area (TPSA) is 87.8 Å². The summed E-state index contributed by atoms with van der Waals surface area (Å²) in [5.74, 6) is 1.54. The maximum Gasteiger partial charge on any atom is 0.213 e.